The van der Waals surface area contributed by atoms with Crippen LogP contribution in [0.4, 0.5) is 0 Å². The number of para-hydroxylation sites is 2. The molecule has 3 aromatic heterocycles. The molecule has 3 aliphatic heterocycles. The number of benzene rings is 6. The van der Waals surface area contributed by atoms with Gasteiger partial charge in [0.25, 0.3) is 0 Å². The fraction of sp³-hybridized carbons (Fsp3) is 0.163. The standard InChI is InChI=1S/C49H38N6O/c1-3-12-29(13-4-1)47-50-48(30-14-5-2-6-15-30)52-49(51-47)31-16-11-17-32(28-31)53-39-24-22-35-33-18-7-9-20-37(33)54-41-26-27-42(56-41)55-38-21-10-8-19-34(38)36-23-25-40(53)44(46(36)55)43(39)45(35)54/h1-16,18-25,28,32,41-42,47-48,50H,17,26-27H2,(H,51,52). The monoisotopic (exact) mass is 726 g/mol. The molecule has 7 nitrogen and oxygen atoms in total. The Morgan fingerprint density at radius 3 is 1.75 bits per heavy atom. The van der Waals surface area contributed by atoms with Gasteiger partial charge in [-0.3, -0.25) is 5.32 Å². The zero-order valence-corrected chi connectivity index (χ0v) is 30.6. The summed E-state index contributed by atoms with van der Waals surface area (Å²) in [6, 6.07) is 48.5. The smallest absolute Gasteiger partial charge is 0.137 e. The number of hydrogen-bond acceptors (Lipinski definition) is 4. The molecule has 6 heterocycles. The maximum atomic E-state index is 7.14. The average Bonchev–Trinajstić information content (AvgIpc) is 4.04. The number of fused-ring (bicyclic) bond motifs is 10. The lowest BCUT2D eigenvalue weighted by Gasteiger charge is -2.33. The van der Waals surface area contributed by atoms with Crippen molar-refractivity contribution < 1.29 is 4.74 Å². The third-order valence-corrected chi connectivity index (χ3v) is 12.8. The highest BCUT2D eigenvalue weighted by Crippen LogP contribution is 2.51. The highest BCUT2D eigenvalue weighted by Gasteiger charge is 2.36. The topological polar surface area (TPSA) is 60.4 Å². The lowest BCUT2D eigenvalue weighted by molar-refractivity contribution is -0.0256. The maximum Gasteiger partial charge on any atom is 0.137 e. The van der Waals surface area contributed by atoms with Gasteiger partial charge in [-0.05, 0) is 54.7 Å². The highest BCUT2D eigenvalue weighted by atomic mass is 16.5. The molecule has 2 N–H and O–H groups in total. The number of aromatic nitrogens is 3. The second kappa shape index (κ2) is 11.6. The van der Waals surface area contributed by atoms with Crippen LogP contribution in [0.1, 0.15) is 61.2 Å². The second-order valence-electron chi connectivity index (χ2n) is 15.8. The Kier molecular flexibility index (Phi) is 6.37. The molecule has 0 saturated carbocycles. The van der Waals surface area contributed by atoms with Crippen molar-refractivity contribution in [3.63, 3.8) is 0 Å². The number of allylic oxidation sites excluding steroid dienone is 2. The molecule has 1 aliphatic carbocycles. The quantitative estimate of drug-likeness (QED) is 0.190. The summed E-state index contributed by atoms with van der Waals surface area (Å²) in [6.45, 7) is 0. The molecule has 56 heavy (non-hydrogen) atoms. The molecule has 5 atom stereocenters. The van der Waals surface area contributed by atoms with Crippen LogP contribution in [0.25, 0.3) is 65.4 Å². The Morgan fingerprint density at radius 1 is 0.554 bits per heavy atom. The molecule has 4 aliphatic rings. The summed E-state index contributed by atoms with van der Waals surface area (Å²) >= 11 is 0. The normalized spacial score (nSPS) is 23.1. The summed E-state index contributed by atoms with van der Waals surface area (Å²) in [5, 5.41) is 15.3. The average molecular weight is 727 g/mol. The SMILES string of the molecule is C1=CC(C2=NC(c3ccccc3)NC(c3ccccc3)N2)=CC(n2c3ccc4c5ccccc5n5c4c3c3c2ccc2c4ccccc4n(c23)C2CCC5O2)C1. The Bertz CT molecular complexity index is 3040. The second-order valence-corrected chi connectivity index (χ2v) is 15.8. The third-order valence-electron chi connectivity index (χ3n) is 12.8. The number of nitrogens with one attached hydrogen (secondary N) is 2. The van der Waals surface area contributed by atoms with E-state index in [1.807, 2.05) is 0 Å². The molecular weight excluding hydrogens is 689 g/mol. The van der Waals surface area contributed by atoms with Crippen LogP contribution < -0.4 is 10.6 Å². The summed E-state index contributed by atoms with van der Waals surface area (Å²) in [5.74, 6) is 0.904. The van der Waals surface area contributed by atoms with E-state index in [1.165, 1.54) is 71.0 Å². The van der Waals surface area contributed by atoms with Crippen molar-refractivity contribution in [3.8, 4) is 0 Å². The summed E-state index contributed by atoms with van der Waals surface area (Å²) < 4.78 is 14.8. The first-order valence-electron chi connectivity index (χ1n) is 19.9. The lowest BCUT2D eigenvalue weighted by Crippen LogP contribution is -2.45. The molecule has 9 aromatic rings. The van der Waals surface area contributed by atoms with Crippen molar-refractivity contribution in [2.75, 3.05) is 0 Å². The lowest BCUT2D eigenvalue weighted by atomic mass is 9.99. The largest absolute Gasteiger partial charge is 0.350 e. The number of rotatable bonds is 4. The van der Waals surface area contributed by atoms with E-state index in [0.717, 1.165) is 36.2 Å². The number of nitrogens with zero attached hydrogens (tertiary/aromatic N) is 4. The van der Waals surface area contributed by atoms with Gasteiger partial charge in [0.1, 0.15) is 30.6 Å². The van der Waals surface area contributed by atoms with E-state index in [2.05, 4.69) is 176 Å². The van der Waals surface area contributed by atoms with Gasteiger partial charge in [0.2, 0.25) is 0 Å². The van der Waals surface area contributed by atoms with Crippen LogP contribution in [-0.2, 0) is 4.74 Å². The van der Waals surface area contributed by atoms with Gasteiger partial charge >= 0.3 is 0 Å². The van der Waals surface area contributed by atoms with E-state index in [-0.39, 0.29) is 30.8 Å². The van der Waals surface area contributed by atoms with Crippen LogP contribution in [-0.4, -0.2) is 19.5 Å². The predicted octanol–water partition coefficient (Wildman–Crippen LogP) is 11.2. The number of hydrogen-bond donors (Lipinski definition) is 2. The summed E-state index contributed by atoms with van der Waals surface area (Å²) in [6.07, 6.45) is 9.46. The first-order valence-corrected chi connectivity index (χ1v) is 19.9. The molecule has 0 spiro atoms. The van der Waals surface area contributed by atoms with E-state index in [9.17, 15) is 0 Å². The molecule has 0 amide bonds. The minimum Gasteiger partial charge on any atom is -0.350 e. The van der Waals surface area contributed by atoms with Crippen molar-refractivity contribution in [1.82, 2.24) is 24.3 Å². The molecule has 6 aromatic carbocycles. The van der Waals surface area contributed by atoms with Gasteiger partial charge in [-0.15, -0.1) is 0 Å². The minimum absolute atomic E-state index is 0.0554. The number of aliphatic imine (C=N–C) groups is 1. The van der Waals surface area contributed by atoms with Gasteiger partial charge in [0.15, 0.2) is 0 Å². The highest BCUT2D eigenvalue weighted by molar-refractivity contribution is 6.32. The zero-order valence-electron chi connectivity index (χ0n) is 30.6. The number of amidine groups is 1. The fourth-order valence-electron chi connectivity index (χ4n) is 10.5. The summed E-state index contributed by atoms with van der Waals surface area (Å²) in [4.78, 5) is 5.33. The van der Waals surface area contributed by atoms with Crippen LogP contribution in [0, 0.1) is 0 Å². The van der Waals surface area contributed by atoms with E-state index < -0.39 is 0 Å². The predicted molar refractivity (Wildman–Crippen MR) is 227 cm³/mol. The molecule has 1 saturated heterocycles. The van der Waals surface area contributed by atoms with Gasteiger partial charge in [-0.25, -0.2) is 4.99 Å². The molecule has 270 valence electrons. The fourth-order valence-corrected chi connectivity index (χ4v) is 10.5. The maximum absolute atomic E-state index is 7.14. The van der Waals surface area contributed by atoms with Crippen molar-refractivity contribution in [3.05, 3.63) is 168 Å². The summed E-state index contributed by atoms with van der Waals surface area (Å²) in [7, 11) is 0. The zero-order chi connectivity index (χ0) is 36.5. The third kappa shape index (κ3) is 4.21. The first-order chi connectivity index (χ1) is 27.8. The molecule has 0 radical (unpaired) electrons. The summed E-state index contributed by atoms with van der Waals surface area (Å²) in [5.41, 5.74) is 11.0. The van der Waals surface area contributed by atoms with Crippen LogP contribution in [0.2, 0.25) is 0 Å². The van der Waals surface area contributed by atoms with Crippen LogP contribution >= 0.6 is 0 Å². The Morgan fingerprint density at radius 2 is 1.12 bits per heavy atom. The Balaban J connectivity index is 1.08. The molecule has 7 heteroatoms. The van der Waals surface area contributed by atoms with Gasteiger partial charge in [0, 0.05) is 37.9 Å². The molecule has 5 unspecified atom stereocenters. The minimum atomic E-state index is -0.186. The van der Waals surface area contributed by atoms with Crippen molar-refractivity contribution >= 4 is 71.3 Å². The molecule has 1 fully saturated rings. The van der Waals surface area contributed by atoms with Gasteiger partial charge in [0.05, 0.1) is 39.1 Å². The van der Waals surface area contributed by atoms with Crippen LogP contribution in [0.3, 0.4) is 0 Å². The van der Waals surface area contributed by atoms with Crippen molar-refractivity contribution in [2.45, 2.75) is 50.1 Å². The Hall–Kier alpha value is -6.41. The van der Waals surface area contributed by atoms with Gasteiger partial charge in [-0.1, -0.05) is 127 Å². The van der Waals surface area contributed by atoms with Crippen LogP contribution in [0.15, 0.2) is 162 Å². The van der Waals surface area contributed by atoms with Crippen molar-refractivity contribution in [1.29, 1.82) is 0 Å². The first kappa shape index (κ1) is 30.9. The van der Waals surface area contributed by atoms with Crippen molar-refractivity contribution in [2.24, 2.45) is 4.99 Å². The van der Waals surface area contributed by atoms with E-state index >= 15 is 0 Å². The Labute approximate surface area is 322 Å². The molecule has 2 bridgehead atoms. The van der Waals surface area contributed by atoms with E-state index in [0.29, 0.717) is 0 Å². The van der Waals surface area contributed by atoms with Gasteiger partial charge < -0.3 is 23.8 Å². The molecular formula is C49H38N6O. The van der Waals surface area contributed by atoms with Gasteiger partial charge in [-0.2, -0.15) is 0 Å². The van der Waals surface area contributed by atoms with E-state index in [1.54, 1.807) is 0 Å². The number of ether oxygens (including phenoxy) is 1. The van der Waals surface area contributed by atoms with E-state index in [4.69, 9.17) is 9.73 Å². The van der Waals surface area contributed by atoms with Crippen LogP contribution in [0.5, 0.6) is 0 Å². The molecule has 13 rings (SSSR count).